The maximum atomic E-state index is 12.2. The van der Waals surface area contributed by atoms with E-state index in [1.54, 1.807) is 11.4 Å². The third-order valence-corrected chi connectivity index (χ3v) is 4.15. The van der Waals surface area contributed by atoms with Gasteiger partial charge in [-0.1, -0.05) is 37.1 Å². The summed E-state index contributed by atoms with van der Waals surface area (Å²) in [6, 6.07) is 7.50. The largest absolute Gasteiger partial charge is 0.461 e. The van der Waals surface area contributed by atoms with Crippen molar-refractivity contribution in [2.24, 2.45) is 0 Å². The number of aromatic nitrogens is 4. The van der Waals surface area contributed by atoms with Crippen LogP contribution >= 0.6 is 11.6 Å². The predicted molar refractivity (Wildman–Crippen MR) is 95.9 cm³/mol. The molecule has 25 heavy (non-hydrogen) atoms. The molecule has 2 aromatic heterocycles. The summed E-state index contributed by atoms with van der Waals surface area (Å²) in [5.41, 5.74) is 4.22. The summed E-state index contributed by atoms with van der Waals surface area (Å²) in [5, 5.41) is 13.7. The second kappa shape index (κ2) is 7.19. The van der Waals surface area contributed by atoms with E-state index in [9.17, 15) is 4.79 Å². The minimum absolute atomic E-state index is 0.223. The Bertz CT molecular complexity index is 919. The second-order valence-corrected chi connectivity index (χ2v) is 6.10. The molecular formula is C18H19ClN4O2. The van der Waals surface area contributed by atoms with E-state index >= 15 is 0 Å². The number of rotatable bonds is 5. The zero-order chi connectivity index (χ0) is 18.0. The number of esters is 1. The summed E-state index contributed by atoms with van der Waals surface area (Å²) in [5.74, 6) is -0.471. The van der Waals surface area contributed by atoms with E-state index < -0.39 is 5.97 Å². The number of hydrogen-bond acceptors (Lipinski definition) is 5. The van der Waals surface area contributed by atoms with Gasteiger partial charge in [0.15, 0.2) is 11.3 Å². The summed E-state index contributed by atoms with van der Waals surface area (Å²) in [6.45, 7) is 6.01. The smallest absolute Gasteiger partial charge is 0.360 e. The monoisotopic (exact) mass is 358 g/mol. The van der Waals surface area contributed by atoms with E-state index in [1.807, 2.05) is 38.1 Å². The molecule has 0 spiro atoms. The van der Waals surface area contributed by atoms with Gasteiger partial charge in [0.05, 0.1) is 23.6 Å². The summed E-state index contributed by atoms with van der Waals surface area (Å²) in [6.07, 6.45) is 1.50. The lowest BCUT2D eigenvalue weighted by atomic mass is 10.1. The van der Waals surface area contributed by atoms with Crippen LogP contribution in [0.15, 0.2) is 24.3 Å². The molecular weight excluding hydrogens is 340 g/mol. The van der Waals surface area contributed by atoms with Crippen molar-refractivity contribution in [2.45, 2.75) is 33.6 Å². The van der Waals surface area contributed by atoms with E-state index in [4.69, 9.17) is 16.3 Å². The molecule has 1 aromatic carbocycles. The zero-order valence-corrected chi connectivity index (χ0v) is 15.2. The lowest BCUT2D eigenvalue weighted by Crippen LogP contribution is -2.16. The van der Waals surface area contributed by atoms with Crippen LogP contribution in [0.25, 0.3) is 16.8 Å². The van der Waals surface area contributed by atoms with Crippen LogP contribution in [0.4, 0.5) is 0 Å². The maximum absolute atomic E-state index is 12.2. The fourth-order valence-electron chi connectivity index (χ4n) is 2.82. The van der Waals surface area contributed by atoms with Crippen molar-refractivity contribution in [1.29, 1.82) is 0 Å². The summed E-state index contributed by atoms with van der Waals surface area (Å²) in [4.78, 5) is 12.2. The highest BCUT2D eigenvalue weighted by atomic mass is 35.5. The van der Waals surface area contributed by atoms with Gasteiger partial charge in [0.25, 0.3) is 0 Å². The average Bonchev–Trinajstić information content (AvgIpc) is 2.93. The average molecular weight is 359 g/mol. The van der Waals surface area contributed by atoms with Crippen molar-refractivity contribution in [3.8, 4) is 11.1 Å². The Labute approximate surface area is 150 Å². The molecule has 0 aliphatic carbocycles. The molecule has 130 valence electrons. The van der Waals surface area contributed by atoms with Gasteiger partial charge in [-0.2, -0.15) is 5.10 Å². The zero-order valence-electron chi connectivity index (χ0n) is 14.4. The molecule has 0 aliphatic rings. The molecule has 0 saturated carbocycles. The minimum atomic E-state index is -0.471. The lowest BCUT2D eigenvalue weighted by Gasteiger charge is -2.08. The van der Waals surface area contributed by atoms with Gasteiger partial charge in [0.1, 0.15) is 0 Å². The Morgan fingerprint density at radius 2 is 1.92 bits per heavy atom. The first-order valence-electron chi connectivity index (χ1n) is 8.24. The SMILES string of the molecule is CCCc1c(C(=O)OCC)nnc2c(-c3ccc(Cl)cc3)c(C)nn12. The van der Waals surface area contributed by atoms with Crippen molar-refractivity contribution in [1.82, 2.24) is 19.8 Å². The van der Waals surface area contributed by atoms with Crippen LogP contribution in [0, 0.1) is 6.92 Å². The highest BCUT2D eigenvalue weighted by molar-refractivity contribution is 6.30. The normalized spacial score (nSPS) is 11.0. The molecule has 0 fully saturated rings. The van der Waals surface area contributed by atoms with Crippen molar-refractivity contribution >= 4 is 23.2 Å². The first kappa shape index (κ1) is 17.4. The number of halogens is 1. The highest BCUT2D eigenvalue weighted by Gasteiger charge is 2.22. The summed E-state index contributed by atoms with van der Waals surface area (Å²) < 4.78 is 6.81. The molecule has 0 bridgehead atoms. The molecule has 0 amide bonds. The van der Waals surface area contributed by atoms with E-state index in [1.165, 1.54) is 0 Å². The number of carbonyl (C=O) groups is 1. The van der Waals surface area contributed by atoms with Crippen molar-refractivity contribution in [3.05, 3.63) is 46.4 Å². The lowest BCUT2D eigenvalue weighted by molar-refractivity contribution is 0.0515. The van der Waals surface area contributed by atoms with Gasteiger partial charge < -0.3 is 4.74 Å². The van der Waals surface area contributed by atoms with Gasteiger partial charge in [0.2, 0.25) is 0 Å². The molecule has 0 saturated heterocycles. The van der Waals surface area contributed by atoms with E-state index in [-0.39, 0.29) is 12.3 Å². The van der Waals surface area contributed by atoms with Crippen LogP contribution in [0.3, 0.4) is 0 Å². The third kappa shape index (κ3) is 3.22. The standard InChI is InChI=1S/C18H19ClN4O2/c1-4-6-14-16(18(24)25-5-2)20-21-17-15(11(3)22-23(14)17)12-7-9-13(19)10-8-12/h7-10H,4-6H2,1-3H3. The van der Waals surface area contributed by atoms with Gasteiger partial charge in [-0.05, 0) is 38.0 Å². The molecule has 0 aliphatic heterocycles. The maximum Gasteiger partial charge on any atom is 0.360 e. The topological polar surface area (TPSA) is 69.4 Å². The number of carbonyl (C=O) groups excluding carboxylic acids is 1. The molecule has 0 atom stereocenters. The first-order chi connectivity index (χ1) is 12.1. The molecule has 2 heterocycles. The highest BCUT2D eigenvalue weighted by Crippen LogP contribution is 2.29. The Kier molecular flexibility index (Phi) is 4.99. The van der Waals surface area contributed by atoms with Crippen LogP contribution in [-0.2, 0) is 11.2 Å². The molecule has 6 nitrogen and oxygen atoms in total. The molecule has 3 aromatic rings. The van der Waals surface area contributed by atoms with Gasteiger partial charge in [-0.25, -0.2) is 9.31 Å². The Morgan fingerprint density at radius 3 is 2.56 bits per heavy atom. The van der Waals surface area contributed by atoms with E-state index in [0.29, 0.717) is 22.8 Å². The van der Waals surface area contributed by atoms with E-state index in [2.05, 4.69) is 15.3 Å². The molecule has 0 unspecified atom stereocenters. The first-order valence-corrected chi connectivity index (χ1v) is 8.62. The van der Waals surface area contributed by atoms with Gasteiger partial charge in [-0.15, -0.1) is 10.2 Å². The number of hydrogen-bond donors (Lipinski definition) is 0. The molecule has 7 heteroatoms. The van der Waals surface area contributed by atoms with Crippen LogP contribution < -0.4 is 0 Å². The van der Waals surface area contributed by atoms with Crippen LogP contribution in [0.1, 0.15) is 42.1 Å². The predicted octanol–water partition coefficient (Wildman–Crippen LogP) is 3.88. The minimum Gasteiger partial charge on any atom is -0.461 e. The van der Waals surface area contributed by atoms with Crippen molar-refractivity contribution in [3.63, 3.8) is 0 Å². The van der Waals surface area contributed by atoms with Crippen LogP contribution in [0.5, 0.6) is 0 Å². The van der Waals surface area contributed by atoms with Crippen molar-refractivity contribution < 1.29 is 9.53 Å². The second-order valence-electron chi connectivity index (χ2n) is 5.67. The number of benzene rings is 1. The van der Waals surface area contributed by atoms with Crippen LogP contribution in [0.2, 0.25) is 5.02 Å². The summed E-state index contributed by atoms with van der Waals surface area (Å²) in [7, 11) is 0. The number of nitrogens with zero attached hydrogens (tertiary/aromatic N) is 4. The van der Waals surface area contributed by atoms with Gasteiger partial charge in [0, 0.05) is 5.02 Å². The van der Waals surface area contributed by atoms with Crippen molar-refractivity contribution in [2.75, 3.05) is 6.61 Å². The molecule has 0 N–H and O–H groups in total. The Morgan fingerprint density at radius 1 is 1.20 bits per heavy atom. The van der Waals surface area contributed by atoms with E-state index in [0.717, 1.165) is 23.2 Å². The van der Waals surface area contributed by atoms with Crippen LogP contribution in [-0.4, -0.2) is 32.4 Å². The Hall–Kier alpha value is -2.47. The fourth-order valence-corrected chi connectivity index (χ4v) is 2.95. The Balaban J connectivity index is 2.22. The third-order valence-electron chi connectivity index (χ3n) is 3.90. The van der Waals surface area contributed by atoms with Gasteiger partial charge >= 0.3 is 5.97 Å². The number of fused-ring (bicyclic) bond motifs is 1. The molecule has 0 radical (unpaired) electrons. The number of aryl methyl sites for hydroxylation is 2. The molecule has 3 rings (SSSR count). The number of ether oxygens (including phenoxy) is 1. The summed E-state index contributed by atoms with van der Waals surface area (Å²) >= 11 is 5.98. The van der Waals surface area contributed by atoms with Gasteiger partial charge in [-0.3, -0.25) is 0 Å². The fraction of sp³-hybridized carbons (Fsp3) is 0.333. The quantitative estimate of drug-likeness (QED) is 0.647.